The maximum absolute atomic E-state index is 12.9. The zero-order valence-corrected chi connectivity index (χ0v) is 15.0. The van der Waals surface area contributed by atoms with Crippen LogP contribution in [0.15, 0.2) is 41.5 Å². The Kier molecular flexibility index (Phi) is 4.11. The molecule has 1 N–H and O–H groups in total. The van der Waals surface area contributed by atoms with Crippen LogP contribution in [0.4, 0.5) is 5.69 Å². The SMILES string of the molecule is Cc1cccc(NC(=O)Cn2ccn3nc4c(c3c2=O)C[C@@H](C)CC4)c1. The molecule has 2 heterocycles. The van der Waals surface area contributed by atoms with E-state index in [-0.39, 0.29) is 18.0 Å². The number of amides is 1. The van der Waals surface area contributed by atoms with Gasteiger partial charge in [0, 0.05) is 23.6 Å². The summed E-state index contributed by atoms with van der Waals surface area (Å²) in [5, 5.41) is 7.40. The second-order valence-corrected chi connectivity index (χ2v) is 7.22. The number of aromatic nitrogens is 3. The third kappa shape index (κ3) is 3.03. The van der Waals surface area contributed by atoms with Crippen molar-refractivity contribution in [1.29, 1.82) is 0 Å². The summed E-state index contributed by atoms with van der Waals surface area (Å²) < 4.78 is 3.13. The van der Waals surface area contributed by atoms with Gasteiger partial charge in [-0.05, 0) is 49.8 Å². The lowest BCUT2D eigenvalue weighted by Gasteiger charge is -2.16. The Labute approximate surface area is 151 Å². The maximum atomic E-state index is 12.9. The van der Waals surface area contributed by atoms with Crippen molar-refractivity contribution >= 4 is 17.1 Å². The summed E-state index contributed by atoms with van der Waals surface area (Å²) in [6.07, 6.45) is 6.27. The molecule has 0 saturated heterocycles. The first kappa shape index (κ1) is 16.6. The first-order valence-corrected chi connectivity index (χ1v) is 8.97. The lowest BCUT2D eigenvalue weighted by atomic mass is 9.88. The third-order valence-electron chi connectivity index (χ3n) is 4.99. The van der Waals surface area contributed by atoms with Crippen molar-refractivity contribution in [3.63, 3.8) is 0 Å². The highest BCUT2D eigenvalue weighted by Gasteiger charge is 2.23. The zero-order chi connectivity index (χ0) is 18.3. The number of rotatable bonds is 3. The molecule has 2 aromatic heterocycles. The van der Waals surface area contributed by atoms with E-state index in [1.807, 2.05) is 31.2 Å². The molecule has 1 aliphatic carbocycles. The van der Waals surface area contributed by atoms with Gasteiger partial charge in [0.2, 0.25) is 5.91 Å². The quantitative estimate of drug-likeness (QED) is 0.789. The highest BCUT2D eigenvalue weighted by molar-refractivity contribution is 5.90. The van der Waals surface area contributed by atoms with Crippen LogP contribution in [0.2, 0.25) is 0 Å². The summed E-state index contributed by atoms with van der Waals surface area (Å²) in [6.45, 7) is 4.15. The molecule has 4 rings (SSSR count). The van der Waals surface area contributed by atoms with E-state index in [9.17, 15) is 9.59 Å². The minimum Gasteiger partial charge on any atom is -0.325 e. The van der Waals surface area contributed by atoms with E-state index in [0.717, 1.165) is 41.8 Å². The second kappa shape index (κ2) is 6.44. The van der Waals surface area contributed by atoms with Crippen LogP contribution >= 0.6 is 0 Å². The summed E-state index contributed by atoms with van der Waals surface area (Å²) in [5.41, 5.74) is 4.32. The van der Waals surface area contributed by atoms with Crippen LogP contribution in [0.3, 0.4) is 0 Å². The van der Waals surface area contributed by atoms with Gasteiger partial charge in [-0.3, -0.25) is 9.59 Å². The molecule has 3 aromatic rings. The Balaban J connectivity index is 1.63. The molecule has 0 aliphatic heterocycles. The smallest absolute Gasteiger partial charge is 0.277 e. The molecular weight excluding hydrogens is 328 g/mol. The molecule has 6 heteroatoms. The Hall–Kier alpha value is -2.89. The highest BCUT2D eigenvalue weighted by Crippen LogP contribution is 2.26. The Morgan fingerprint density at radius 3 is 3.00 bits per heavy atom. The molecular formula is C20H22N4O2. The van der Waals surface area contributed by atoms with Crippen molar-refractivity contribution in [2.75, 3.05) is 5.32 Å². The lowest BCUT2D eigenvalue weighted by Crippen LogP contribution is -2.28. The molecule has 26 heavy (non-hydrogen) atoms. The average Bonchev–Trinajstić information content (AvgIpc) is 2.96. The van der Waals surface area contributed by atoms with E-state index in [0.29, 0.717) is 11.4 Å². The van der Waals surface area contributed by atoms with Gasteiger partial charge >= 0.3 is 0 Å². The van der Waals surface area contributed by atoms with Crippen LogP contribution in [0.5, 0.6) is 0 Å². The zero-order valence-electron chi connectivity index (χ0n) is 15.0. The van der Waals surface area contributed by atoms with E-state index in [2.05, 4.69) is 17.3 Å². The summed E-state index contributed by atoms with van der Waals surface area (Å²) >= 11 is 0. The molecule has 0 unspecified atom stereocenters. The van der Waals surface area contributed by atoms with Crippen molar-refractivity contribution in [2.24, 2.45) is 5.92 Å². The van der Waals surface area contributed by atoms with E-state index >= 15 is 0 Å². The number of hydrogen-bond donors (Lipinski definition) is 1. The van der Waals surface area contributed by atoms with Gasteiger partial charge < -0.3 is 9.88 Å². The number of hydrogen-bond acceptors (Lipinski definition) is 3. The van der Waals surface area contributed by atoms with Gasteiger partial charge in [0.1, 0.15) is 12.1 Å². The van der Waals surface area contributed by atoms with Crippen molar-refractivity contribution in [3.8, 4) is 0 Å². The molecule has 0 bridgehead atoms. The molecule has 0 radical (unpaired) electrons. The summed E-state index contributed by atoms with van der Waals surface area (Å²) in [4.78, 5) is 25.3. The number of aryl methyl sites for hydroxylation is 2. The predicted octanol–water partition coefficient (Wildman–Crippen LogP) is 2.57. The van der Waals surface area contributed by atoms with Crippen LogP contribution in [0.1, 0.15) is 30.2 Å². The molecule has 0 spiro atoms. The number of nitrogens with one attached hydrogen (secondary N) is 1. The first-order chi connectivity index (χ1) is 12.5. The minimum atomic E-state index is -0.219. The van der Waals surface area contributed by atoms with Crippen LogP contribution in [0.25, 0.3) is 5.52 Å². The predicted molar refractivity (Wildman–Crippen MR) is 100 cm³/mol. The van der Waals surface area contributed by atoms with Crippen LogP contribution in [-0.4, -0.2) is 20.1 Å². The summed E-state index contributed by atoms with van der Waals surface area (Å²) in [5.74, 6) is 0.331. The average molecular weight is 350 g/mol. The van der Waals surface area contributed by atoms with Crippen LogP contribution in [-0.2, 0) is 24.2 Å². The molecule has 134 valence electrons. The molecule has 1 atom stereocenters. The van der Waals surface area contributed by atoms with E-state index in [4.69, 9.17) is 0 Å². The number of anilines is 1. The Morgan fingerprint density at radius 1 is 1.35 bits per heavy atom. The topological polar surface area (TPSA) is 68.4 Å². The molecule has 6 nitrogen and oxygen atoms in total. The van der Waals surface area contributed by atoms with Crippen LogP contribution in [0, 0.1) is 12.8 Å². The van der Waals surface area contributed by atoms with Crippen LogP contribution < -0.4 is 10.9 Å². The van der Waals surface area contributed by atoms with E-state index in [1.165, 1.54) is 4.57 Å². The van der Waals surface area contributed by atoms with Gasteiger partial charge in [-0.2, -0.15) is 5.10 Å². The highest BCUT2D eigenvalue weighted by atomic mass is 16.2. The monoisotopic (exact) mass is 350 g/mol. The normalized spacial score (nSPS) is 16.5. The standard InChI is InChI=1S/C20H22N4O2/c1-13-4-3-5-15(10-13)21-18(25)12-23-8-9-24-19(20(23)26)16-11-14(2)6-7-17(16)22-24/h3-5,8-10,14H,6-7,11-12H2,1-2H3,(H,21,25)/t14-/m0/s1. The van der Waals surface area contributed by atoms with Crippen molar-refractivity contribution < 1.29 is 4.79 Å². The van der Waals surface area contributed by atoms with Gasteiger partial charge in [-0.15, -0.1) is 0 Å². The fourth-order valence-corrected chi connectivity index (χ4v) is 3.65. The molecule has 1 amide bonds. The minimum absolute atomic E-state index is 0.0151. The van der Waals surface area contributed by atoms with Gasteiger partial charge in [-0.25, -0.2) is 4.52 Å². The molecule has 0 fully saturated rings. The Morgan fingerprint density at radius 2 is 2.19 bits per heavy atom. The first-order valence-electron chi connectivity index (χ1n) is 8.97. The lowest BCUT2D eigenvalue weighted by molar-refractivity contribution is -0.116. The maximum Gasteiger partial charge on any atom is 0.277 e. The van der Waals surface area contributed by atoms with Gasteiger partial charge in [0.25, 0.3) is 5.56 Å². The molecule has 0 saturated carbocycles. The number of fused-ring (bicyclic) bond motifs is 3. The van der Waals surface area contributed by atoms with Gasteiger partial charge in [0.05, 0.1) is 5.69 Å². The van der Waals surface area contributed by atoms with Crippen molar-refractivity contribution in [2.45, 2.75) is 39.7 Å². The van der Waals surface area contributed by atoms with Crippen molar-refractivity contribution in [3.05, 3.63) is 63.8 Å². The van der Waals surface area contributed by atoms with Crippen molar-refractivity contribution in [1.82, 2.24) is 14.2 Å². The Bertz CT molecular complexity index is 1050. The molecule has 1 aliphatic rings. The van der Waals surface area contributed by atoms with Gasteiger partial charge in [0.15, 0.2) is 0 Å². The summed E-state index contributed by atoms with van der Waals surface area (Å²) in [7, 11) is 0. The number of benzene rings is 1. The number of nitrogens with zero attached hydrogens (tertiary/aromatic N) is 3. The summed E-state index contributed by atoms with van der Waals surface area (Å²) in [6, 6.07) is 7.60. The number of carbonyl (C=O) groups is 1. The largest absolute Gasteiger partial charge is 0.325 e. The third-order valence-corrected chi connectivity index (χ3v) is 4.99. The molecule has 1 aromatic carbocycles. The second-order valence-electron chi connectivity index (χ2n) is 7.22. The van der Waals surface area contributed by atoms with E-state index < -0.39 is 0 Å². The van der Waals surface area contributed by atoms with Gasteiger partial charge in [-0.1, -0.05) is 19.1 Å². The van der Waals surface area contributed by atoms with E-state index in [1.54, 1.807) is 16.9 Å². The number of carbonyl (C=O) groups excluding carboxylic acids is 1. The fraction of sp³-hybridized carbons (Fsp3) is 0.350. The fourth-order valence-electron chi connectivity index (χ4n) is 3.65.